The summed E-state index contributed by atoms with van der Waals surface area (Å²) in [5.41, 5.74) is 0.276. The number of carbonyl (C=O) groups is 2. The minimum Gasteiger partial charge on any atom is -0.406 e. The van der Waals surface area contributed by atoms with E-state index < -0.39 is 6.36 Å². The zero-order valence-electron chi connectivity index (χ0n) is 14.0. The number of alkyl halides is 3. The maximum atomic E-state index is 12.5. The molecule has 2 heterocycles. The molecule has 2 aliphatic heterocycles. The maximum Gasteiger partial charge on any atom is 0.573 e. The Morgan fingerprint density at radius 3 is 2.19 bits per heavy atom. The normalized spacial score (nSPS) is 21.0. The second-order valence-electron chi connectivity index (χ2n) is 6.19. The number of piperazine rings is 1. The van der Waals surface area contributed by atoms with E-state index in [1.807, 2.05) is 0 Å². The summed E-state index contributed by atoms with van der Waals surface area (Å²) in [6.07, 6.45) is -3.54. The minimum atomic E-state index is -4.77. The van der Waals surface area contributed by atoms with E-state index in [9.17, 15) is 22.8 Å². The van der Waals surface area contributed by atoms with Crippen molar-refractivity contribution < 1.29 is 32.2 Å². The lowest BCUT2D eigenvalue weighted by Gasteiger charge is -2.35. The van der Waals surface area contributed by atoms with E-state index in [1.165, 1.54) is 12.1 Å². The first kappa shape index (κ1) is 18.5. The second-order valence-corrected chi connectivity index (χ2v) is 6.19. The standard InChI is InChI=1S/C17H19F3N2O4/c18-17(19,20)26-13-5-3-12(4-6-13)15(23)21-7-9-22(10-8-21)16(24)14-2-1-11-25-14/h3-6,14H,1-2,7-11H2. The van der Waals surface area contributed by atoms with Crippen LogP contribution in [-0.4, -0.2) is 66.9 Å². The molecule has 0 N–H and O–H groups in total. The Balaban J connectivity index is 1.54. The van der Waals surface area contributed by atoms with Gasteiger partial charge in [0, 0.05) is 38.3 Å². The lowest BCUT2D eigenvalue weighted by Crippen LogP contribution is -2.52. The van der Waals surface area contributed by atoms with E-state index in [0.717, 1.165) is 25.0 Å². The van der Waals surface area contributed by atoms with Crippen molar-refractivity contribution in [1.29, 1.82) is 0 Å². The van der Waals surface area contributed by atoms with Crippen LogP contribution < -0.4 is 4.74 Å². The molecule has 0 aliphatic carbocycles. The molecule has 3 rings (SSSR count). The summed E-state index contributed by atoms with van der Waals surface area (Å²) in [5, 5.41) is 0. The van der Waals surface area contributed by atoms with Crippen LogP contribution in [0.15, 0.2) is 24.3 Å². The van der Waals surface area contributed by atoms with Crippen LogP contribution in [0.5, 0.6) is 5.75 Å². The van der Waals surface area contributed by atoms with Gasteiger partial charge in [0.05, 0.1) is 0 Å². The van der Waals surface area contributed by atoms with Gasteiger partial charge in [0.2, 0.25) is 0 Å². The fraction of sp³-hybridized carbons (Fsp3) is 0.529. The van der Waals surface area contributed by atoms with Crippen molar-refractivity contribution in [3.63, 3.8) is 0 Å². The summed E-state index contributed by atoms with van der Waals surface area (Å²) in [4.78, 5) is 28.0. The molecular weight excluding hydrogens is 353 g/mol. The van der Waals surface area contributed by atoms with Crippen molar-refractivity contribution in [1.82, 2.24) is 9.80 Å². The average Bonchev–Trinajstić information content (AvgIpc) is 3.14. The number of hydrogen-bond acceptors (Lipinski definition) is 4. The van der Waals surface area contributed by atoms with Crippen LogP contribution >= 0.6 is 0 Å². The Morgan fingerprint density at radius 2 is 1.65 bits per heavy atom. The highest BCUT2D eigenvalue weighted by Gasteiger charge is 2.32. The van der Waals surface area contributed by atoms with Crippen LogP contribution in [0.2, 0.25) is 0 Å². The van der Waals surface area contributed by atoms with Gasteiger partial charge in [-0.15, -0.1) is 13.2 Å². The smallest absolute Gasteiger partial charge is 0.406 e. The first-order valence-corrected chi connectivity index (χ1v) is 8.39. The molecule has 1 aromatic carbocycles. The molecule has 1 unspecified atom stereocenters. The van der Waals surface area contributed by atoms with Gasteiger partial charge in [0.15, 0.2) is 0 Å². The Labute approximate surface area is 148 Å². The van der Waals surface area contributed by atoms with Crippen LogP contribution in [0.1, 0.15) is 23.2 Å². The minimum absolute atomic E-state index is 0.0387. The van der Waals surface area contributed by atoms with E-state index in [1.54, 1.807) is 9.80 Å². The summed E-state index contributed by atoms with van der Waals surface area (Å²) in [6, 6.07) is 4.82. The highest BCUT2D eigenvalue weighted by Crippen LogP contribution is 2.23. The van der Waals surface area contributed by atoms with E-state index >= 15 is 0 Å². The Hall–Kier alpha value is -2.29. The van der Waals surface area contributed by atoms with Gasteiger partial charge < -0.3 is 19.3 Å². The third-order valence-electron chi connectivity index (χ3n) is 4.42. The molecule has 2 amide bonds. The first-order chi connectivity index (χ1) is 12.3. The van der Waals surface area contributed by atoms with E-state index in [-0.39, 0.29) is 29.2 Å². The van der Waals surface area contributed by atoms with Gasteiger partial charge in [-0.2, -0.15) is 0 Å². The summed E-state index contributed by atoms with van der Waals surface area (Å²) >= 11 is 0. The largest absolute Gasteiger partial charge is 0.573 e. The van der Waals surface area contributed by atoms with Crippen LogP contribution in [0, 0.1) is 0 Å². The third-order valence-corrected chi connectivity index (χ3v) is 4.42. The molecule has 2 fully saturated rings. The third kappa shape index (κ3) is 4.46. The zero-order chi connectivity index (χ0) is 18.7. The lowest BCUT2D eigenvalue weighted by atomic mass is 10.1. The molecule has 0 spiro atoms. The van der Waals surface area contributed by atoms with Crippen LogP contribution in [0.25, 0.3) is 0 Å². The van der Waals surface area contributed by atoms with E-state index in [0.29, 0.717) is 32.8 Å². The fourth-order valence-corrected chi connectivity index (χ4v) is 3.09. The number of ether oxygens (including phenoxy) is 2. The van der Waals surface area contributed by atoms with Gasteiger partial charge in [0.25, 0.3) is 11.8 Å². The molecule has 2 aliphatic rings. The van der Waals surface area contributed by atoms with E-state index in [2.05, 4.69) is 4.74 Å². The highest BCUT2D eigenvalue weighted by atomic mass is 19.4. The molecule has 0 bridgehead atoms. The number of hydrogen-bond donors (Lipinski definition) is 0. The molecule has 6 nitrogen and oxygen atoms in total. The SMILES string of the molecule is O=C(c1ccc(OC(F)(F)F)cc1)N1CCN(C(=O)C2CCCO2)CC1. The number of benzene rings is 1. The van der Waals surface area contributed by atoms with Crippen molar-refractivity contribution in [2.24, 2.45) is 0 Å². The lowest BCUT2D eigenvalue weighted by molar-refractivity contribution is -0.274. The molecule has 1 aromatic rings. The summed E-state index contributed by atoms with van der Waals surface area (Å²) < 4.78 is 45.7. The summed E-state index contributed by atoms with van der Waals surface area (Å²) in [6.45, 7) is 2.18. The topological polar surface area (TPSA) is 59.1 Å². The fourth-order valence-electron chi connectivity index (χ4n) is 3.09. The van der Waals surface area contributed by atoms with Gasteiger partial charge in [-0.05, 0) is 37.1 Å². The maximum absolute atomic E-state index is 12.5. The second kappa shape index (κ2) is 7.53. The molecule has 1 atom stereocenters. The predicted molar refractivity (Wildman–Crippen MR) is 84.6 cm³/mol. The molecule has 0 aromatic heterocycles. The van der Waals surface area contributed by atoms with Crippen molar-refractivity contribution in [3.05, 3.63) is 29.8 Å². The van der Waals surface area contributed by atoms with Gasteiger partial charge in [-0.25, -0.2) is 0 Å². The molecule has 142 valence electrons. The number of rotatable bonds is 3. The molecule has 2 saturated heterocycles. The van der Waals surface area contributed by atoms with Crippen LogP contribution in [0.4, 0.5) is 13.2 Å². The number of amides is 2. The zero-order valence-corrected chi connectivity index (χ0v) is 14.0. The monoisotopic (exact) mass is 372 g/mol. The van der Waals surface area contributed by atoms with Crippen LogP contribution in [0.3, 0.4) is 0 Å². The highest BCUT2D eigenvalue weighted by molar-refractivity contribution is 5.94. The number of halogens is 3. The van der Waals surface area contributed by atoms with Gasteiger partial charge in [0.1, 0.15) is 11.9 Å². The van der Waals surface area contributed by atoms with Gasteiger partial charge in [-0.3, -0.25) is 9.59 Å². The Bertz CT molecular complexity index is 649. The number of carbonyl (C=O) groups excluding carboxylic acids is 2. The van der Waals surface area contributed by atoms with Gasteiger partial charge >= 0.3 is 6.36 Å². The van der Waals surface area contributed by atoms with Crippen molar-refractivity contribution in [2.45, 2.75) is 25.3 Å². The molecule has 0 saturated carbocycles. The quantitative estimate of drug-likeness (QED) is 0.815. The van der Waals surface area contributed by atoms with Crippen molar-refractivity contribution in [2.75, 3.05) is 32.8 Å². The average molecular weight is 372 g/mol. The summed E-state index contributed by atoms with van der Waals surface area (Å²) in [7, 11) is 0. The Morgan fingerprint density at radius 1 is 1.04 bits per heavy atom. The molecule has 9 heteroatoms. The predicted octanol–water partition coefficient (Wildman–Crippen LogP) is 2.05. The van der Waals surface area contributed by atoms with E-state index in [4.69, 9.17) is 4.74 Å². The van der Waals surface area contributed by atoms with Crippen molar-refractivity contribution >= 4 is 11.8 Å². The van der Waals surface area contributed by atoms with Gasteiger partial charge in [-0.1, -0.05) is 0 Å². The number of nitrogens with zero attached hydrogens (tertiary/aromatic N) is 2. The Kier molecular flexibility index (Phi) is 5.36. The molecule has 0 radical (unpaired) electrons. The molecular formula is C17H19F3N2O4. The van der Waals surface area contributed by atoms with Crippen molar-refractivity contribution in [3.8, 4) is 5.75 Å². The first-order valence-electron chi connectivity index (χ1n) is 8.39. The van der Waals surface area contributed by atoms with Crippen LogP contribution in [-0.2, 0) is 9.53 Å². The summed E-state index contributed by atoms with van der Waals surface area (Å²) in [5.74, 6) is -0.697. The molecule has 26 heavy (non-hydrogen) atoms.